The molecule has 2 rings (SSSR count). The molecule has 4 atom stereocenters. The van der Waals surface area contributed by atoms with Crippen molar-refractivity contribution >= 4 is 40.7 Å². The number of carbonyl (C=O) groups is 4. The molecule has 0 aliphatic heterocycles. The Morgan fingerprint density at radius 3 is 2.18 bits per heavy atom. The van der Waals surface area contributed by atoms with Gasteiger partial charge in [0.25, 0.3) is 0 Å². The minimum Gasteiger partial charge on any atom is -0.508 e. The van der Waals surface area contributed by atoms with E-state index < -0.39 is 35.7 Å². The van der Waals surface area contributed by atoms with E-state index in [1.165, 1.54) is 11.3 Å². The Balaban J connectivity index is 2.29. The highest BCUT2D eigenvalue weighted by atomic mass is 32.1. The van der Waals surface area contributed by atoms with Gasteiger partial charge in [-0.1, -0.05) is 0 Å². The van der Waals surface area contributed by atoms with E-state index in [-0.39, 0.29) is 42.5 Å². The van der Waals surface area contributed by atoms with Crippen LogP contribution >= 0.6 is 11.3 Å². The van der Waals surface area contributed by atoms with Gasteiger partial charge in [0.15, 0.2) is 11.7 Å². The van der Waals surface area contributed by atoms with Crippen molar-refractivity contribution in [2.45, 2.75) is 83.7 Å². The number of unbranched alkanes of at least 4 members (excludes halogenated alkanes) is 1. The molecule has 2 amide bonds. The van der Waals surface area contributed by atoms with Crippen molar-refractivity contribution in [3.8, 4) is 5.75 Å². The Bertz CT molecular complexity index is 1290. The molecule has 0 aliphatic carbocycles. The van der Waals surface area contributed by atoms with E-state index in [2.05, 4.69) is 10.3 Å². The molecule has 12 N–H and O–H groups in total. The van der Waals surface area contributed by atoms with Gasteiger partial charge in [-0.2, -0.15) is 11.3 Å². The fourth-order valence-electron chi connectivity index (χ4n) is 5.32. The molecule has 1 heterocycles. The summed E-state index contributed by atoms with van der Waals surface area (Å²) < 4.78 is 0. The quantitative estimate of drug-likeness (QED) is 0.0591. The van der Waals surface area contributed by atoms with Gasteiger partial charge >= 0.3 is 0 Å². The van der Waals surface area contributed by atoms with Crippen LogP contribution in [0.4, 0.5) is 0 Å². The first-order valence-corrected chi connectivity index (χ1v) is 16.2. The number of phenols is 1. The number of aliphatic imine (C=N–C) groups is 1. The first-order chi connectivity index (χ1) is 21.3. The Kier molecular flexibility index (Phi) is 15.7. The number of benzene rings is 1. The van der Waals surface area contributed by atoms with Crippen LogP contribution in [0.3, 0.4) is 0 Å². The van der Waals surface area contributed by atoms with Crippen LogP contribution in [0.15, 0.2) is 34.0 Å². The second kappa shape index (κ2) is 18.9. The molecule has 0 fully saturated rings. The van der Waals surface area contributed by atoms with E-state index in [9.17, 15) is 24.3 Å². The first kappa shape index (κ1) is 37.4. The highest BCUT2D eigenvalue weighted by Gasteiger charge is 2.31. The average Bonchev–Trinajstić information content (AvgIpc) is 3.48. The molecule has 0 saturated carbocycles. The Hall–Kier alpha value is -3.81. The summed E-state index contributed by atoms with van der Waals surface area (Å²) in [6.45, 7) is 4.40. The lowest BCUT2D eigenvalue weighted by Crippen LogP contribution is -2.46. The number of primary amides is 1. The van der Waals surface area contributed by atoms with Gasteiger partial charge in [0.2, 0.25) is 11.8 Å². The van der Waals surface area contributed by atoms with Crippen LogP contribution < -0.4 is 34.0 Å². The minimum atomic E-state index is -0.888. The normalized spacial score (nSPS) is 13.8. The number of rotatable bonds is 21. The van der Waals surface area contributed by atoms with Gasteiger partial charge in [-0.05, 0) is 117 Å². The Morgan fingerprint density at radius 1 is 0.933 bits per heavy atom. The maximum atomic E-state index is 13.9. The van der Waals surface area contributed by atoms with Gasteiger partial charge in [0.05, 0.1) is 12.1 Å². The highest BCUT2D eigenvalue weighted by molar-refractivity contribution is 7.07. The monoisotopic (exact) mass is 643 g/mol. The van der Waals surface area contributed by atoms with Crippen LogP contribution in [0.25, 0.3) is 0 Å². The van der Waals surface area contributed by atoms with Crippen LogP contribution in [0.2, 0.25) is 0 Å². The summed E-state index contributed by atoms with van der Waals surface area (Å²) in [6.07, 6.45) is 2.62. The SMILES string of the molecule is Cc1cc(O)cc(C)c1C[C@H](CC(=O)[C@H](N)CCCN=C(N)N)C(=O)N[C@@H](CCCCN)C(=O)C[C@@H](Cc1ccsc1)C(N)=O. The zero-order valence-electron chi connectivity index (χ0n) is 26.3. The number of aryl methyl sites for hydroxylation is 2. The molecule has 0 spiro atoms. The summed E-state index contributed by atoms with van der Waals surface area (Å²) in [5, 5.41) is 16.7. The third-order valence-corrected chi connectivity index (χ3v) is 8.63. The first-order valence-electron chi connectivity index (χ1n) is 15.3. The number of phenolic OH excluding ortho intramolecular Hbond substituents is 1. The molecule has 13 heteroatoms. The molecule has 248 valence electrons. The predicted molar refractivity (Wildman–Crippen MR) is 177 cm³/mol. The fourth-order valence-corrected chi connectivity index (χ4v) is 6.00. The van der Waals surface area contributed by atoms with Crippen molar-refractivity contribution in [1.29, 1.82) is 0 Å². The lowest BCUT2D eigenvalue weighted by Gasteiger charge is -2.25. The minimum absolute atomic E-state index is 0.0459. The number of nitrogens with zero attached hydrogens (tertiary/aromatic N) is 1. The van der Waals surface area contributed by atoms with Gasteiger partial charge in [-0.3, -0.25) is 24.2 Å². The van der Waals surface area contributed by atoms with Crippen LogP contribution in [0.5, 0.6) is 5.75 Å². The third kappa shape index (κ3) is 13.0. The summed E-state index contributed by atoms with van der Waals surface area (Å²) in [4.78, 5) is 56.9. The molecular weight excluding hydrogens is 594 g/mol. The highest BCUT2D eigenvalue weighted by Crippen LogP contribution is 2.26. The van der Waals surface area contributed by atoms with Crippen molar-refractivity contribution in [2.24, 2.45) is 45.5 Å². The average molecular weight is 644 g/mol. The molecule has 0 saturated heterocycles. The number of nitrogens with two attached hydrogens (primary N) is 5. The number of Topliss-reactive ketones (excluding diaryl/α,β-unsaturated/α-hetero) is 2. The summed E-state index contributed by atoms with van der Waals surface area (Å²) in [5.41, 5.74) is 31.5. The number of guanidine groups is 1. The smallest absolute Gasteiger partial charge is 0.224 e. The van der Waals surface area contributed by atoms with Gasteiger partial charge in [-0.15, -0.1) is 0 Å². The number of thiophene rings is 1. The van der Waals surface area contributed by atoms with E-state index in [1.54, 1.807) is 12.1 Å². The zero-order valence-corrected chi connectivity index (χ0v) is 27.1. The summed E-state index contributed by atoms with van der Waals surface area (Å²) in [7, 11) is 0. The maximum absolute atomic E-state index is 13.9. The van der Waals surface area contributed by atoms with Crippen LogP contribution in [0.1, 0.15) is 67.2 Å². The lowest BCUT2D eigenvalue weighted by atomic mass is 9.86. The molecule has 2 aromatic rings. The second-order valence-electron chi connectivity index (χ2n) is 11.6. The predicted octanol–water partition coefficient (Wildman–Crippen LogP) is 1.49. The van der Waals surface area contributed by atoms with Crippen molar-refractivity contribution < 1.29 is 24.3 Å². The zero-order chi connectivity index (χ0) is 33.5. The van der Waals surface area contributed by atoms with Gasteiger partial charge < -0.3 is 39.1 Å². The number of ketones is 2. The van der Waals surface area contributed by atoms with Crippen molar-refractivity contribution in [1.82, 2.24) is 5.32 Å². The van der Waals surface area contributed by atoms with Crippen LogP contribution in [0, 0.1) is 25.7 Å². The second-order valence-corrected chi connectivity index (χ2v) is 12.4. The Labute approximate surface area is 269 Å². The van der Waals surface area contributed by atoms with Crippen LogP contribution in [-0.2, 0) is 32.0 Å². The number of hydrogen-bond acceptors (Lipinski definition) is 9. The summed E-state index contributed by atoms with van der Waals surface area (Å²) in [5.74, 6) is -3.17. The number of hydrogen-bond donors (Lipinski definition) is 7. The van der Waals surface area contributed by atoms with Gasteiger partial charge in [0.1, 0.15) is 11.5 Å². The standard InChI is InChI=1S/C32H49N7O5S/c1-19-12-24(40)13-20(2)25(19)15-23(17-28(41)26(34)6-5-10-38-32(36)37)31(44)39-27(7-3-4-9-33)29(42)16-22(30(35)43)14-21-8-11-45-18-21/h8,11-13,18,22-23,26-27,40H,3-7,9-10,14-17,33-34H2,1-2H3,(H2,35,43)(H,39,44)(H4,36,37,38)/t22-,23-,26-,27+/m1/s1. The van der Waals surface area contributed by atoms with Crippen molar-refractivity contribution in [3.05, 3.63) is 51.2 Å². The molecular formula is C32H49N7O5S. The number of aromatic hydroxyl groups is 1. The molecule has 1 aromatic carbocycles. The topological polar surface area (TPSA) is 243 Å². The fraction of sp³-hybridized carbons (Fsp3) is 0.531. The van der Waals surface area contributed by atoms with E-state index in [4.69, 9.17) is 28.7 Å². The largest absolute Gasteiger partial charge is 0.508 e. The van der Waals surface area contributed by atoms with Crippen molar-refractivity contribution in [2.75, 3.05) is 13.1 Å². The molecule has 1 aromatic heterocycles. The van der Waals surface area contributed by atoms with Gasteiger partial charge in [0, 0.05) is 31.2 Å². The molecule has 0 radical (unpaired) electrons. The number of nitrogens with one attached hydrogen (secondary N) is 1. The Morgan fingerprint density at radius 2 is 1.60 bits per heavy atom. The van der Waals surface area contributed by atoms with Crippen molar-refractivity contribution in [3.63, 3.8) is 0 Å². The number of carbonyl (C=O) groups excluding carboxylic acids is 4. The molecule has 0 bridgehead atoms. The van der Waals surface area contributed by atoms with E-state index in [1.807, 2.05) is 30.7 Å². The van der Waals surface area contributed by atoms with Gasteiger partial charge in [-0.25, -0.2) is 0 Å². The maximum Gasteiger partial charge on any atom is 0.224 e. The molecule has 12 nitrogen and oxygen atoms in total. The molecule has 45 heavy (non-hydrogen) atoms. The molecule has 0 aliphatic rings. The lowest BCUT2D eigenvalue weighted by molar-refractivity contribution is -0.133. The summed E-state index contributed by atoms with van der Waals surface area (Å²) >= 11 is 1.49. The number of amides is 2. The van der Waals surface area contributed by atoms with E-state index in [0.717, 1.165) is 22.3 Å². The van der Waals surface area contributed by atoms with E-state index in [0.29, 0.717) is 51.6 Å². The summed E-state index contributed by atoms with van der Waals surface area (Å²) in [6, 6.07) is 3.37. The van der Waals surface area contributed by atoms with E-state index >= 15 is 0 Å². The van der Waals surface area contributed by atoms with Crippen LogP contribution in [-0.4, -0.2) is 59.6 Å². The third-order valence-electron chi connectivity index (χ3n) is 7.90. The molecule has 0 unspecified atom stereocenters.